The highest BCUT2D eigenvalue weighted by Crippen LogP contribution is 2.26. The Morgan fingerprint density at radius 3 is 2.26 bits per heavy atom. The van der Waals surface area contributed by atoms with Crippen molar-refractivity contribution < 1.29 is 19.4 Å². The summed E-state index contributed by atoms with van der Waals surface area (Å²) >= 11 is 1.53. The van der Waals surface area contributed by atoms with Crippen molar-refractivity contribution >= 4 is 29.2 Å². The zero-order chi connectivity index (χ0) is 23.9. The lowest BCUT2D eigenvalue weighted by molar-refractivity contribution is 0.0697. The minimum Gasteiger partial charge on any atom is -0.497 e. The number of hydrogen-bond acceptors (Lipinski definition) is 8. The predicted octanol–water partition coefficient (Wildman–Crippen LogP) is 3.95. The molecule has 178 valence electrons. The number of nitrogens with zero attached hydrogens (tertiary/aromatic N) is 4. The second-order valence-electron chi connectivity index (χ2n) is 7.90. The van der Waals surface area contributed by atoms with Gasteiger partial charge in [0.2, 0.25) is 0 Å². The Hall–Kier alpha value is -3.30. The third-order valence-corrected chi connectivity index (χ3v) is 6.57. The first-order valence-corrected chi connectivity index (χ1v) is 12.0. The van der Waals surface area contributed by atoms with Gasteiger partial charge < -0.3 is 24.4 Å². The summed E-state index contributed by atoms with van der Waals surface area (Å²) in [6.45, 7) is 3.93. The van der Waals surface area contributed by atoms with Gasteiger partial charge >= 0.3 is 5.97 Å². The van der Waals surface area contributed by atoms with Gasteiger partial charge in [-0.2, -0.15) is 0 Å². The Balaban J connectivity index is 1.42. The fraction of sp³-hybridized carbons (Fsp3) is 0.320. The zero-order valence-corrected chi connectivity index (χ0v) is 20.1. The van der Waals surface area contributed by atoms with Crippen molar-refractivity contribution in [2.24, 2.45) is 0 Å². The molecule has 0 spiro atoms. The number of aromatic nitrogens is 2. The summed E-state index contributed by atoms with van der Waals surface area (Å²) in [5, 5.41) is 9.76. The summed E-state index contributed by atoms with van der Waals surface area (Å²) in [7, 11) is 3.33. The molecule has 1 aliphatic heterocycles. The maximum Gasteiger partial charge on any atom is 0.335 e. The molecule has 0 radical (unpaired) electrons. The molecule has 3 aromatic rings. The second kappa shape index (κ2) is 11.2. The molecule has 1 aromatic heterocycles. The van der Waals surface area contributed by atoms with Gasteiger partial charge in [-0.05, 0) is 42.0 Å². The molecule has 0 bridgehead atoms. The Labute approximate surface area is 203 Å². The molecule has 0 atom stereocenters. The van der Waals surface area contributed by atoms with Gasteiger partial charge in [-0.3, -0.25) is 0 Å². The second-order valence-corrected chi connectivity index (χ2v) is 8.84. The topological polar surface area (TPSA) is 88.0 Å². The van der Waals surface area contributed by atoms with Crippen LogP contribution in [0.4, 0.5) is 11.5 Å². The molecule has 4 rings (SSSR count). The summed E-state index contributed by atoms with van der Waals surface area (Å²) in [6.07, 6.45) is 0. The van der Waals surface area contributed by atoms with Gasteiger partial charge in [0.25, 0.3) is 0 Å². The Bertz CT molecular complexity index is 1100. The number of anilines is 2. The number of ether oxygens (including phenoxy) is 2. The van der Waals surface area contributed by atoms with E-state index in [9.17, 15) is 4.79 Å². The molecular formula is C25H28N4O4S. The first-order valence-electron chi connectivity index (χ1n) is 11.0. The molecule has 1 fully saturated rings. The zero-order valence-electron chi connectivity index (χ0n) is 19.3. The minimum atomic E-state index is -0.925. The van der Waals surface area contributed by atoms with Gasteiger partial charge in [-0.25, -0.2) is 14.8 Å². The lowest BCUT2D eigenvalue weighted by Gasteiger charge is -2.37. The number of rotatable bonds is 9. The molecule has 9 heteroatoms. The van der Waals surface area contributed by atoms with Crippen LogP contribution in [0.1, 0.15) is 21.6 Å². The van der Waals surface area contributed by atoms with Crippen molar-refractivity contribution in [1.82, 2.24) is 9.97 Å². The Morgan fingerprint density at radius 2 is 1.65 bits per heavy atom. The molecular weight excluding hydrogens is 452 g/mol. The van der Waals surface area contributed by atoms with Crippen LogP contribution in [0, 0.1) is 0 Å². The molecule has 0 amide bonds. The standard InChI is InChI=1S/C25H28N4O4S/c1-32-16-20-15-23(27-25(26-20)34-17-18-3-5-19(6-4-18)24(30)31)29-13-11-28(12-14-29)21-7-9-22(33-2)10-8-21/h3-10,15H,11-14,16-17H2,1-2H3,(H,30,31). The summed E-state index contributed by atoms with van der Waals surface area (Å²) in [4.78, 5) is 25.2. The van der Waals surface area contributed by atoms with Crippen LogP contribution in [0.3, 0.4) is 0 Å². The van der Waals surface area contributed by atoms with Crippen LogP contribution in [0.25, 0.3) is 0 Å². The van der Waals surface area contributed by atoms with Gasteiger partial charge in [0.1, 0.15) is 11.6 Å². The van der Waals surface area contributed by atoms with Crippen molar-refractivity contribution in [3.63, 3.8) is 0 Å². The van der Waals surface area contributed by atoms with Crippen molar-refractivity contribution in [3.05, 3.63) is 71.4 Å². The van der Waals surface area contributed by atoms with E-state index in [1.807, 2.05) is 30.3 Å². The molecule has 0 saturated carbocycles. The largest absolute Gasteiger partial charge is 0.497 e. The number of carboxylic acid groups (broad SMARTS) is 1. The Kier molecular flexibility index (Phi) is 7.87. The molecule has 0 unspecified atom stereocenters. The van der Waals surface area contributed by atoms with Crippen LogP contribution in [-0.2, 0) is 17.1 Å². The van der Waals surface area contributed by atoms with Crippen LogP contribution in [0.2, 0.25) is 0 Å². The van der Waals surface area contributed by atoms with Crippen molar-refractivity contribution in [2.45, 2.75) is 17.5 Å². The van der Waals surface area contributed by atoms with Crippen LogP contribution in [0.15, 0.2) is 59.8 Å². The quantitative estimate of drug-likeness (QED) is 0.361. The minimum absolute atomic E-state index is 0.281. The molecule has 34 heavy (non-hydrogen) atoms. The lowest BCUT2D eigenvalue weighted by Crippen LogP contribution is -2.46. The first-order chi connectivity index (χ1) is 16.6. The van der Waals surface area contributed by atoms with Crippen LogP contribution in [0.5, 0.6) is 5.75 Å². The Morgan fingerprint density at radius 1 is 0.971 bits per heavy atom. The van der Waals surface area contributed by atoms with Crippen LogP contribution >= 0.6 is 11.8 Å². The molecule has 0 aliphatic carbocycles. The summed E-state index contributed by atoms with van der Waals surface area (Å²) in [5.41, 5.74) is 3.33. The molecule has 2 aromatic carbocycles. The summed E-state index contributed by atoms with van der Waals surface area (Å²) < 4.78 is 10.6. The molecule has 8 nitrogen and oxygen atoms in total. The predicted molar refractivity (Wildman–Crippen MR) is 133 cm³/mol. The number of carbonyl (C=O) groups is 1. The van der Waals surface area contributed by atoms with Gasteiger partial charge in [0.15, 0.2) is 5.16 Å². The van der Waals surface area contributed by atoms with E-state index in [2.05, 4.69) is 26.9 Å². The summed E-state index contributed by atoms with van der Waals surface area (Å²) in [5.74, 6) is 1.49. The van der Waals surface area contributed by atoms with Gasteiger partial charge in [0.05, 0.1) is 25.0 Å². The smallest absolute Gasteiger partial charge is 0.335 e. The maximum atomic E-state index is 11.1. The van der Waals surface area contributed by atoms with E-state index in [1.54, 1.807) is 26.4 Å². The van der Waals surface area contributed by atoms with E-state index in [1.165, 1.54) is 17.4 Å². The SMILES string of the molecule is COCc1cc(N2CCN(c3ccc(OC)cc3)CC2)nc(SCc2ccc(C(=O)O)cc2)n1. The fourth-order valence-electron chi connectivity index (χ4n) is 3.79. The third kappa shape index (κ3) is 5.98. The van der Waals surface area contributed by atoms with E-state index < -0.39 is 5.97 Å². The number of methoxy groups -OCH3 is 2. The monoisotopic (exact) mass is 480 g/mol. The van der Waals surface area contributed by atoms with Crippen LogP contribution in [-0.4, -0.2) is 61.4 Å². The van der Waals surface area contributed by atoms with E-state index >= 15 is 0 Å². The number of piperazine rings is 1. The third-order valence-electron chi connectivity index (χ3n) is 5.65. The average molecular weight is 481 g/mol. The van der Waals surface area contributed by atoms with E-state index in [0.717, 1.165) is 49.0 Å². The highest BCUT2D eigenvalue weighted by atomic mass is 32.2. The number of hydrogen-bond donors (Lipinski definition) is 1. The molecule has 1 aliphatic rings. The van der Waals surface area contributed by atoms with Crippen LogP contribution < -0.4 is 14.5 Å². The number of benzene rings is 2. The van der Waals surface area contributed by atoms with Gasteiger partial charge in [-0.15, -0.1) is 0 Å². The average Bonchev–Trinajstić information content (AvgIpc) is 2.88. The highest BCUT2D eigenvalue weighted by Gasteiger charge is 2.20. The molecule has 2 heterocycles. The van der Waals surface area contributed by atoms with Crippen molar-refractivity contribution in [3.8, 4) is 5.75 Å². The maximum absolute atomic E-state index is 11.1. The van der Waals surface area contributed by atoms with E-state index in [-0.39, 0.29) is 5.56 Å². The molecule has 1 saturated heterocycles. The number of carboxylic acids is 1. The number of thioether (sulfide) groups is 1. The van der Waals surface area contributed by atoms with E-state index in [4.69, 9.17) is 19.6 Å². The first kappa shape index (κ1) is 23.8. The van der Waals surface area contributed by atoms with Crippen molar-refractivity contribution in [1.29, 1.82) is 0 Å². The van der Waals surface area contributed by atoms with Gasteiger partial charge in [0, 0.05) is 50.8 Å². The number of aromatic carboxylic acids is 1. The van der Waals surface area contributed by atoms with Gasteiger partial charge in [-0.1, -0.05) is 23.9 Å². The lowest BCUT2D eigenvalue weighted by atomic mass is 10.1. The van der Waals surface area contributed by atoms with E-state index in [0.29, 0.717) is 17.5 Å². The normalized spacial score (nSPS) is 13.7. The summed E-state index contributed by atoms with van der Waals surface area (Å²) in [6, 6.07) is 17.1. The van der Waals surface area contributed by atoms with Crippen molar-refractivity contribution in [2.75, 3.05) is 50.2 Å². The highest BCUT2D eigenvalue weighted by molar-refractivity contribution is 7.98. The fourth-order valence-corrected chi connectivity index (χ4v) is 4.61. The molecule has 1 N–H and O–H groups in total.